The van der Waals surface area contributed by atoms with Crippen LogP contribution in [0.4, 0.5) is 13.2 Å². The van der Waals surface area contributed by atoms with Crippen LogP contribution >= 0.6 is 0 Å². The summed E-state index contributed by atoms with van der Waals surface area (Å²) in [5.41, 5.74) is 0.610. The van der Waals surface area contributed by atoms with E-state index in [1.54, 1.807) is 25.3 Å². The average Bonchev–Trinajstić information content (AvgIpc) is 3.40. The molecule has 1 aromatic heterocycles. The van der Waals surface area contributed by atoms with Crippen molar-refractivity contribution in [1.29, 1.82) is 0 Å². The SMILES string of the molecule is COc1ccc(CCc2ccc(-c3noc([C@H]4NCC[C@@H]4O)n3)cc2C(F)(F)F)cc1. The molecule has 0 amide bonds. The lowest BCUT2D eigenvalue weighted by molar-refractivity contribution is -0.138. The van der Waals surface area contributed by atoms with Gasteiger partial charge in [-0.3, -0.25) is 0 Å². The smallest absolute Gasteiger partial charge is 0.416 e. The van der Waals surface area contributed by atoms with Gasteiger partial charge in [0.05, 0.1) is 18.8 Å². The van der Waals surface area contributed by atoms with Crippen LogP contribution in [0.2, 0.25) is 0 Å². The van der Waals surface area contributed by atoms with Gasteiger partial charge in [0, 0.05) is 5.56 Å². The fourth-order valence-corrected chi connectivity index (χ4v) is 3.69. The van der Waals surface area contributed by atoms with Crippen molar-refractivity contribution in [1.82, 2.24) is 15.5 Å². The molecule has 9 heteroatoms. The number of alkyl halides is 3. The quantitative estimate of drug-likeness (QED) is 0.613. The van der Waals surface area contributed by atoms with Gasteiger partial charge < -0.3 is 19.7 Å². The third-order valence-corrected chi connectivity index (χ3v) is 5.41. The van der Waals surface area contributed by atoms with Gasteiger partial charge in [0.1, 0.15) is 11.8 Å². The first kappa shape index (κ1) is 21.3. The van der Waals surface area contributed by atoms with Crippen molar-refractivity contribution in [3.05, 3.63) is 65.0 Å². The maximum absolute atomic E-state index is 13.7. The van der Waals surface area contributed by atoms with Crippen LogP contribution in [0.25, 0.3) is 11.4 Å². The van der Waals surface area contributed by atoms with E-state index in [0.29, 0.717) is 25.1 Å². The van der Waals surface area contributed by atoms with Crippen LogP contribution in [-0.2, 0) is 19.0 Å². The number of hydrogen-bond donors (Lipinski definition) is 2. The molecule has 0 unspecified atom stereocenters. The molecule has 0 spiro atoms. The minimum atomic E-state index is -4.51. The predicted molar refractivity (Wildman–Crippen MR) is 107 cm³/mol. The molecule has 1 aliphatic heterocycles. The molecule has 1 saturated heterocycles. The number of rotatable bonds is 6. The van der Waals surface area contributed by atoms with Crippen LogP contribution in [0.3, 0.4) is 0 Å². The van der Waals surface area contributed by atoms with E-state index in [1.165, 1.54) is 6.07 Å². The van der Waals surface area contributed by atoms with Crippen LogP contribution in [0.5, 0.6) is 5.75 Å². The Morgan fingerprint density at radius 1 is 1.16 bits per heavy atom. The molecule has 1 fully saturated rings. The van der Waals surface area contributed by atoms with Gasteiger partial charge in [0.25, 0.3) is 0 Å². The zero-order valence-electron chi connectivity index (χ0n) is 16.8. The third kappa shape index (κ3) is 4.72. The van der Waals surface area contributed by atoms with Crippen LogP contribution in [0.1, 0.15) is 35.0 Å². The molecule has 1 aliphatic rings. The Labute approximate surface area is 177 Å². The number of ether oxygens (including phenoxy) is 1. The standard InChI is InChI=1S/C22H22F3N3O3/c1-30-16-8-3-13(4-9-16)2-5-14-6-7-15(12-17(14)22(23,24)25)20-27-21(31-28-20)19-18(29)10-11-26-19/h3-4,6-9,12,18-19,26,29H,2,5,10-11H2,1H3/t18-,19-/m0/s1. The highest BCUT2D eigenvalue weighted by Gasteiger charge is 2.34. The van der Waals surface area contributed by atoms with Crippen LogP contribution in [0.15, 0.2) is 47.0 Å². The summed E-state index contributed by atoms with van der Waals surface area (Å²) in [6, 6.07) is 10.8. The van der Waals surface area contributed by atoms with E-state index < -0.39 is 23.9 Å². The van der Waals surface area contributed by atoms with Crippen molar-refractivity contribution in [2.45, 2.75) is 37.6 Å². The van der Waals surface area contributed by atoms with E-state index in [-0.39, 0.29) is 29.3 Å². The summed E-state index contributed by atoms with van der Waals surface area (Å²) in [7, 11) is 1.56. The first-order valence-corrected chi connectivity index (χ1v) is 9.93. The van der Waals surface area contributed by atoms with E-state index in [1.807, 2.05) is 12.1 Å². The Morgan fingerprint density at radius 3 is 2.58 bits per heavy atom. The van der Waals surface area contributed by atoms with Crippen molar-refractivity contribution in [3.63, 3.8) is 0 Å². The van der Waals surface area contributed by atoms with Gasteiger partial charge in [-0.2, -0.15) is 18.2 Å². The largest absolute Gasteiger partial charge is 0.497 e. The predicted octanol–water partition coefficient (Wildman–Crippen LogP) is 3.94. The summed E-state index contributed by atoms with van der Waals surface area (Å²) in [4.78, 5) is 4.20. The van der Waals surface area contributed by atoms with E-state index in [0.717, 1.165) is 11.6 Å². The molecule has 164 valence electrons. The van der Waals surface area contributed by atoms with E-state index in [2.05, 4.69) is 15.5 Å². The minimum absolute atomic E-state index is 0.0584. The Balaban J connectivity index is 1.56. The minimum Gasteiger partial charge on any atom is -0.497 e. The van der Waals surface area contributed by atoms with Crippen molar-refractivity contribution < 1.29 is 27.5 Å². The van der Waals surface area contributed by atoms with Crippen LogP contribution in [-0.4, -0.2) is 35.0 Å². The van der Waals surface area contributed by atoms with Gasteiger partial charge in [-0.05, 0) is 55.1 Å². The first-order valence-electron chi connectivity index (χ1n) is 9.93. The lowest BCUT2D eigenvalue weighted by Gasteiger charge is -2.14. The molecule has 2 atom stereocenters. The van der Waals surface area contributed by atoms with E-state index in [9.17, 15) is 18.3 Å². The molecule has 4 rings (SSSR count). The second-order valence-corrected chi connectivity index (χ2v) is 7.46. The van der Waals surface area contributed by atoms with Crippen molar-refractivity contribution in [3.8, 4) is 17.1 Å². The van der Waals surface area contributed by atoms with E-state index in [4.69, 9.17) is 9.26 Å². The van der Waals surface area contributed by atoms with Crippen molar-refractivity contribution in [2.24, 2.45) is 0 Å². The maximum Gasteiger partial charge on any atom is 0.416 e. The monoisotopic (exact) mass is 433 g/mol. The summed E-state index contributed by atoms with van der Waals surface area (Å²) in [5.74, 6) is 0.920. The Hall–Kier alpha value is -2.91. The van der Waals surface area contributed by atoms with Crippen molar-refractivity contribution in [2.75, 3.05) is 13.7 Å². The molecular weight excluding hydrogens is 411 g/mol. The van der Waals surface area contributed by atoms with Gasteiger partial charge in [0.15, 0.2) is 0 Å². The van der Waals surface area contributed by atoms with E-state index >= 15 is 0 Å². The van der Waals surface area contributed by atoms with Gasteiger partial charge in [-0.1, -0.05) is 29.4 Å². The molecular formula is C22H22F3N3O3. The zero-order chi connectivity index (χ0) is 22.0. The molecule has 2 aromatic carbocycles. The second kappa shape index (κ2) is 8.68. The zero-order valence-corrected chi connectivity index (χ0v) is 16.8. The number of nitrogens with zero attached hydrogens (tertiary/aromatic N) is 2. The van der Waals surface area contributed by atoms with Crippen molar-refractivity contribution >= 4 is 0 Å². The number of benzene rings is 2. The molecule has 0 bridgehead atoms. The molecule has 0 radical (unpaired) electrons. The number of aryl methyl sites for hydroxylation is 2. The van der Waals surface area contributed by atoms with Crippen LogP contribution < -0.4 is 10.1 Å². The fourth-order valence-electron chi connectivity index (χ4n) is 3.69. The molecule has 31 heavy (non-hydrogen) atoms. The van der Waals surface area contributed by atoms with Gasteiger partial charge in [0.2, 0.25) is 11.7 Å². The topological polar surface area (TPSA) is 80.4 Å². The van der Waals surface area contributed by atoms with Gasteiger partial charge in [-0.25, -0.2) is 0 Å². The number of hydrogen-bond acceptors (Lipinski definition) is 6. The summed E-state index contributed by atoms with van der Waals surface area (Å²) in [6.07, 6.45) is -3.94. The van der Waals surface area contributed by atoms with Crippen LogP contribution in [0, 0.1) is 0 Å². The van der Waals surface area contributed by atoms with Gasteiger partial charge >= 0.3 is 6.18 Å². The summed E-state index contributed by atoms with van der Waals surface area (Å²) in [5, 5.41) is 16.8. The fraction of sp³-hybridized carbons (Fsp3) is 0.364. The molecule has 6 nitrogen and oxygen atoms in total. The number of aliphatic hydroxyl groups excluding tert-OH is 1. The highest BCUT2D eigenvalue weighted by atomic mass is 19.4. The Morgan fingerprint density at radius 2 is 1.94 bits per heavy atom. The third-order valence-electron chi connectivity index (χ3n) is 5.41. The number of aromatic nitrogens is 2. The molecule has 3 aromatic rings. The lowest BCUT2D eigenvalue weighted by Crippen LogP contribution is -2.21. The molecule has 0 saturated carbocycles. The normalized spacial score (nSPS) is 19.0. The average molecular weight is 433 g/mol. The highest BCUT2D eigenvalue weighted by molar-refractivity contribution is 5.57. The Bertz CT molecular complexity index is 1030. The highest BCUT2D eigenvalue weighted by Crippen LogP contribution is 2.35. The molecule has 0 aliphatic carbocycles. The number of nitrogens with one attached hydrogen (secondary N) is 1. The summed E-state index contributed by atoms with van der Waals surface area (Å²) >= 11 is 0. The number of halogens is 3. The second-order valence-electron chi connectivity index (χ2n) is 7.46. The molecule has 2 N–H and O–H groups in total. The number of methoxy groups -OCH3 is 1. The number of aliphatic hydroxyl groups is 1. The summed E-state index contributed by atoms with van der Waals surface area (Å²) < 4.78 is 51.5. The van der Waals surface area contributed by atoms with Gasteiger partial charge in [-0.15, -0.1) is 0 Å². The maximum atomic E-state index is 13.7. The Kier molecular flexibility index (Phi) is 5.97. The first-order chi connectivity index (χ1) is 14.8. The summed E-state index contributed by atoms with van der Waals surface area (Å²) in [6.45, 7) is 0.602. The lowest BCUT2D eigenvalue weighted by atomic mass is 9.97. The molecule has 2 heterocycles.